The maximum Gasteiger partial charge on any atom is 0.247 e. The Morgan fingerprint density at radius 3 is 2.19 bits per heavy atom. The van der Waals surface area contributed by atoms with E-state index in [-0.39, 0.29) is 24.3 Å². The van der Waals surface area contributed by atoms with Gasteiger partial charge in [-0.1, -0.05) is 42.5 Å². The third kappa shape index (κ3) is 5.92. The molecule has 0 spiro atoms. The van der Waals surface area contributed by atoms with E-state index in [1.807, 2.05) is 75.4 Å². The Morgan fingerprint density at radius 1 is 0.962 bits per heavy atom. The summed E-state index contributed by atoms with van der Waals surface area (Å²) in [5.41, 5.74) is 1.62. The molecule has 0 aliphatic heterocycles. The molecule has 0 bridgehead atoms. The summed E-state index contributed by atoms with van der Waals surface area (Å²) in [6.07, 6.45) is 0.199. The molecule has 2 N–H and O–H groups in total. The lowest BCUT2D eigenvalue weighted by Crippen LogP contribution is -2.43. The summed E-state index contributed by atoms with van der Waals surface area (Å²) in [7, 11) is 0. The molecule has 2 aromatic carbocycles. The molecule has 5 nitrogen and oxygen atoms in total. The summed E-state index contributed by atoms with van der Waals surface area (Å²) >= 11 is 0. The highest BCUT2D eigenvalue weighted by Gasteiger charge is 2.23. The number of rotatable bonds is 8. The number of benzene rings is 2. The molecule has 1 atom stereocenters. The fourth-order valence-corrected chi connectivity index (χ4v) is 2.58. The highest BCUT2D eigenvalue weighted by molar-refractivity contribution is 5.89. The van der Waals surface area contributed by atoms with Crippen molar-refractivity contribution in [1.82, 2.24) is 10.6 Å². The molecule has 0 aromatic heterocycles. The lowest BCUT2D eigenvalue weighted by atomic mass is 10.0. The van der Waals surface area contributed by atoms with Crippen LogP contribution in [0.3, 0.4) is 0 Å². The lowest BCUT2D eigenvalue weighted by Gasteiger charge is -2.20. The van der Waals surface area contributed by atoms with Crippen LogP contribution in [0.25, 0.3) is 0 Å². The van der Waals surface area contributed by atoms with Crippen molar-refractivity contribution < 1.29 is 14.3 Å². The molecule has 138 valence electrons. The molecule has 2 aromatic rings. The summed E-state index contributed by atoms with van der Waals surface area (Å²) in [5, 5.41) is 5.71. The van der Waals surface area contributed by atoms with Gasteiger partial charge in [0.2, 0.25) is 11.8 Å². The molecular formula is C21H26N2O3. The third-order valence-corrected chi connectivity index (χ3v) is 3.73. The second kappa shape index (κ2) is 9.61. The van der Waals surface area contributed by atoms with Crippen molar-refractivity contribution >= 4 is 11.8 Å². The average Bonchev–Trinajstić information content (AvgIpc) is 2.61. The van der Waals surface area contributed by atoms with Crippen molar-refractivity contribution in [3.8, 4) is 5.75 Å². The molecule has 0 fully saturated rings. The van der Waals surface area contributed by atoms with Gasteiger partial charge in [0.05, 0.1) is 13.0 Å². The first-order chi connectivity index (χ1) is 12.5. The first-order valence-electron chi connectivity index (χ1n) is 8.86. The fraction of sp³-hybridized carbons (Fsp3) is 0.333. The number of amides is 2. The van der Waals surface area contributed by atoms with Gasteiger partial charge < -0.3 is 15.4 Å². The van der Waals surface area contributed by atoms with E-state index in [9.17, 15) is 9.59 Å². The van der Waals surface area contributed by atoms with Gasteiger partial charge in [0.25, 0.3) is 0 Å². The van der Waals surface area contributed by atoms with Crippen LogP contribution in [0.5, 0.6) is 5.75 Å². The van der Waals surface area contributed by atoms with Gasteiger partial charge in [0.15, 0.2) is 0 Å². The molecule has 0 saturated carbocycles. The summed E-state index contributed by atoms with van der Waals surface area (Å²) < 4.78 is 5.40. The van der Waals surface area contributed by atoms with Gasteiger partial charge >= 0.3 is 0 Å². The standard InChI is InChI=1S/C21H26N2O3/c1-4-26-18-12-10-16(11-13-18)14-19(24)23-20(21(25)22-15(2)3)17-8-6-5-7-9-17/h5-13,15,20H,4,14H2,1-3H3,(H,22,25)(H,23,24)/t20-/m0/s1. The van der Waals surface area contributed by atoms with Gasteiger partial charge in [0, 0.05) is 6.04 Å². The molecule has 0 aliphatic carbocycles. The number of hydrogen-bond acceptors (Lipinski definition) is 3. The number of carbonyl (C=O) groups excluding carboxylic acids is 2. The van der Waals surface area contributed by atoms with Crippen LogP contribution < -0.4 is 15.4 Å². The molecule has 0 radical (unpaired) electrons. The predicted molar refractivity (Wildman–Crippen MR) is 102 cm³/mol. The fourth-order valence-electron chi connectivity index (χ4n) is 2.58. The number of hydrogen-bond donors (Lipinski definition) is 2. The second-order valence-corrected chi connectivity index (χ2v) is 6.33. The molecule has 0 heterocycles. The van der Waals surface area contributed by atoms with E-state index >= 15 is 0 Å². The average molecular weight is 354 g/mol. The Labute approximate surface area is 154 Å². The van der Waals surface area contributed by atoms with Crippen molar-refractivity contribution in [2.45, 2.75) is 39.3 Å². The van der Waals surface area contributed by atoms with Crippen LogP contribution in [0.15, 0.2) is 54.6 Å². The lowest BCUT2D eigenvalue weighted by molar-refractivity contribution is -0.129. The van der Waals surface area contributed by atoms with Crippen LogP contribution in [0, 0.1) is 0 Å². The van der Waals surface area contributed by atoms with Crippen molar-refractivity contribution in [2.75, 3.05) is 6.61 Å². The molecular weight excluding hydrogens is 328 g/mol. The van der Waals surface area contributed by atoms with Crippen LogP contribution in [-0.2, 0) is 16.0 Å². The van der Waals surface area contributed by atoms with Crippen molar-refractivity contribution in [3.05, 3.63) is 65.7 Å². The maximum absolute atomic E-state index is 12.5. The molecule has 5 heteroatoms. The first kappa shape index (κ1) is 19.5. The van der Waals surface area contributed by atoms with Gasteiger partial charge in [0.1, 0.15) is 11.8 Å². The van der Waals surface area contributed by atoms with Crippen molar-refractivity contribution in [3.63, 3.8) is 0 Å². The number of carbonyl (C=O) groups is 2. The van der Waals surface area contributed by atoms with Crippen molar-refractivity contribution in [2.24, 2.45) is 0 Å². The number of nitrogens with one attached hydrogen (secondary N) is 2. The van der Waals surface area contributed by atoms with Crippen LogP contribution in [-0.4, -0.2) is 24.5 Å². The van der Waals surface area contributed by atoms with Gasteiger partial charge in [-0.2, -0.15) is 0 Å². The summed E-state index contributed by atoms with van der Waals surface area (Å²) in [6.45, 7) is 6.31. The van der Waals surface area contributed by atoms with Gasteiger partial charge in [-0.25, -0.2) is 0 Å². The Bertz CT molecular complexity index is 712. The van der Waals surface area contributed by atoms with Crippen LogP contribution in [0.1, 0.15) is 37.9 Å². The van der Waals surface area contributed by atoms with E-state index in [0.29, 0.717) is 6.61 Å². The van der Waals surface area contributed by atoms with Crippen LogP contribution in [0.2, 0.25) is 0 Å². The Balaban J connectivity index is 2.06. The molecule has 2 amide bonds. The largest absolute Gasteiger partial charge is 0.494 e. The third-order valence-electron chi connectivity index (χ3n) is 3.73. The highest BCUT2D eigenvalue weighted by Crippen LogP contribution is 2.15. The minimum Gasteiger partial charge on any atom is -0.494 e. The smallest absolute Gasteiger partial charge is 0.247 e. The van der Waals surface area contributed by atoms with Crippen LogP contribution in [0.4, 0.5) is 0 Å². The quantitative estimate of drug-likeness (QED) is 0.766. The molecule has 0 aliphatic rings. The minimum atomic E-state index is -0.714. The SMILES string of the molecule is CCOc1ccc(CC(=O)N[C@H](C(=O)NC(C)C)c2ccccc2)cc1. The van der Waals surface area contributed by atoms with Gasteiger partial charge in [-0.05, 0) is 44.0 Å². The van der Waals surface area contributed by atoms with Crippen LogP contribution >= 0.6 is 0 Å². The monoisotopic (exact) mass is 354 g/mol. The predicted octanol–water partition coefficient (Wildman–Crippen LogP) is 3.01. The second-order valence-electron chi connectivity index (χ2n) is 6.33. The normalized spacial score (nSPS) is 11.7. The van der Waals surface area contributed by atoms with E-state index in [4.69, 9.17) is 4.74 Å². The molecule has 0 saturated heterocycles. The zero-order valence-corrected chi connectivity index (χ0v) is 15.5. The van der Waals surface area contributed by atoms with E-state index in [2.05, 4.69) is 10.6 Å². The Kier molecular flexibility index (Phi) is 7.21. The van der Waals surface area contributed by atoms with Crippen molar-refractivity contribution in [1.29, 1.82) is 0 Å². The zero-order chi connectivity index (χ0) is 18.9. The summed E-state index contributed by atoms with van der Waals surface area (Å²) in [4.78, 5) is 25.0. The Hall–Kier alpha value is -2.82. The van der Waals surface area contributed by atoms with E-state index in [0.717, 1.165) is 16.9 Å². The topological polar surface area (TPSA) is 67.4 Å². The zero-order valence-electron chi connectivity index (χ0n) is 15.5. The van der Waals surface area contributed by atoms with E-state index < -0.39 is 6.04 Å². The molecule has 26 heavy (non-hydrogen) atoms. The molecule has 0 unspecified atom stereocenters. The van der Waals surface area contributed by atoms with Gasteiger partial charge in [-0.3, -0.25) is 9.59 Å². The number of ether oxygens (including phenoxy) is 1. The van der Waals surface area contributed by atoms with E-state index in [1.54, 1.807) is 0 Å². The highest BCUT2D eigenvalue weighted by atomic mass is 16.5. The Morgan fingerprint density at radius 2 is 1.62 bits per heavy atom. The minimum absolute atomic E-state index is 0.00303. The maximum atomic E-state index is 12.5. The van der Waals surface area contributed by atoms with Gasteiger partial charge in [-0.15, -0.1) is 0 Å². The summed E-state index contributed by atoms with van der Waals surface area (Å²) in [5.74, 6) is 0.350. The summed E-state index contributed by atoms with van der Waals surface area (Å²) in [6, 6.07) is 15.9. The van der Waals surface area contributed by atoms with E-state index in [1.165, 1.54) is 0 Å². The first-order valence-corrected chi connectivity index (χ1v) is 8.86. The molecule has 2 rings (SSSR count).